The van der Waals surface area contributed by atoms with Crippen molar-refractivity contribution in [3.8, 4) is 0 Å². The molecule has 0 aliphatic heterocycles. The topological polar surface area (TPSA) is 72.5 Å². The Morgan fingerprint density at radius 1 is 1.07 bits per heavy atom. The van der Waals surface area contributed by atoms with E-state index in [2.05, 4.69) is 5.32 Å². The van der Waals surface area contributed by atoms with Crippen LogP contribution >= 0.6 is 11.3 Å². The van der Waals surface area contributed by atoms with Gasteiger partial charge >= 0.3 is 12.1 Å². The maximum Gasteiger partial charge on any atom is 0.416 e. The molecule has 1 heterocycles. The molecule has 0 saturated carbocycles. The zero-order chi connectivity index (χ0) is 20.9. The fourth-order valence-electron chi connectivity index (χ4n) is 2.22. The standard InChI is InChI=1S/C19H18F3NO4S/c1-11-3-9-16(28-11)15(24)8-10-17(25)27-12(2)18(26)23-14-6-4-13(5-7-14)19(20,21)22/h3-7,9,12H,8,10H2,1-2H3,(H,23,26)/t12-/m1/s1. The van der Waals surface area contributed by atoms with E-state index in [4.69, 9.17) is 4.74 Å². The fourth-order valence-corrected chi connectivity index (χ4v) is 3.05. The largest absolute Gasteiger partial charge is 0.453 e. The minimum absolute atomic E-state index is 0.0357. The highest BCUT2D eigenvalue weighted by Crippen LogP contribution is 2.29. The van der Waals surface area contributed by atoms with Gasteiger partial charge in [-0.25, -0.2) is 0 Å². The van der Waals surface area contributed by atoms with Crippen molar-refractivity contribution < 1.29 is 32.3 Å². The first kappa shape index (κ1) is 21.6. The molecule has 5 nitrogen and oxygen atoms in total. The van der Waals surface area contributed by atoms with Gasteiger partial charge in [-0.1, -0.05) is 0 Å². The van der Waals surface area contributed by atoms with Crippen molar-refractivity contribution in [1.29, 1.82) is 0 Å². The van der Waals surface area contributed by atoms with Gasteiger partial charge in [-0.15, -0.1) is 11.3 Å². The number of nitrogens with one attached hydrogen (secondary N) is 1. The van der Waals surface area contributed by atoms with Crippen LogP contribution in [0.1, 0.15) is 39.9 Å². The van der Waals surface area contributed by atoms with E-state index in [1.807, 2.05) is 13.0 Å². The van der Waals surface area contributed by atoms with Crippen LogP contribution in [0, 0.1) is 6.92 Å². The molecule has 2 rings (SSSR count). The quantitative estimate of drug-likeness (QED) is 0.532. The van der Waals surface area contributed by atoms with Crippen LogP contribution < -0.4 is 5.32 Å². The number of anilines is 1. The van der Waals surface area contributed by atoms with Gasteiger partial charge in [0.1, 0.15) is 0 Å². The van der Waals surface area contributed by atoms with Gasteiger partial charge in [0.05, 0.1) is 16.9 Å². The molecule has 1 aromatic carbocycles. The smallest absolute Gasteiger partial charge is 0.416 e. The lowest BCUT2D eigenvalue weighted by atomic mass is 10.2. The van der Waals surface area contributed by atoms with Gasteiger partial charge < -0.3 is 10.1 Å². The normalized spacial score (nSPS) is 12.3. The third-order valence-electron chi connectivity index (χ3n) is 3.73. The predicted molar refractivity (Wildman–Crippen MR) is 98.2 cm³/mol. The summed E-state index contributed by atoms with van der Waals surface area (Å²) in [5.41, 5.74) is -0.695. The number of aryl methyl sites for hydroxylation is 1. The molecule has 0 saturated heterocycles. The second-order valence-corrected chi connectivity index (χ2v) is 7.32. The van der Waals surface area contributed by atoms with Gasteiger partial charge in [0.25, 0.3) is 5.91 Å². The maximum atomic E-state index is 12.5. The van der Waals surface area contributed by atoms with Crippen LogP contribution in [0.2, 0.25) is 0 Å². The Balaban J connectivity index is 1.81. The first-order valence-electron chi connectivity index (χ1n) is 8.33. The Bertz CT molecular complexity index is 859. The molecule has 0 radical (unpaired) electrons. The molecule has 0 aliphatic rings. The number of ketones is 1. The molecule has 1 N–H and O–H groups in total. The highest BCUT2D eigenvalue weighted by atomic mass is 32.1. The van der Waals surface area contributed by atoms with E-state index in [1.54, 1.807) is 6.07 Å². The number of hydrogen-bond acceptors (Lipinski definition) is 5. The number of benzene rings is 1. The number of carbonyl (C=O) groups is 3. The molecule has 0 spiro atoms. The van der Waals surface area contributed by atoms with E-state index in [0.717, 1.165) is 29.1 Å². The average Bonchev–Trinajstić information content (AvgIpc) is 3.05. The van der Waals surface area contributed by atoms with Crippen LogP contribution in [-0.4, -0.2) is 23.8 Å². The van der Waals surface area contributed by atoms with E-state index in [-0.39, 0.29) is 24.3 Å². The molecule has 1 amide bonds. The fraction of sp³-hybridized carbons (Fsp3) is 0.316. The number of rotatable bonds is 7. The molecule has 0 unspecified atom stereocenters. The lowest BCUT2D eigenvalue weighted by molar-refractivity contribution is -0.153. The lowest BCUT2D eigenvalue weighted by Crippen LogP contribution is -2.30. The van der Waals surface area contributed by atoms with Gasteiger partial charge in [-0.05, 0) is 50.2 Å². The summed E-state index contributed by atoms with van der Waals surface area (Å²) in [6, 6.07) is 7.39. The maximum absolute atomic E-state index is 12.5. The molecule has 2 aromatic rings. The summed E-state index contributed by atoms with van der Waals surface area (Å²) in [5.74, 6) is -1.58. The molecular weight excluding hydrogens is 395 g/mol. The number of hydrogen-bond donors (Lipinski definition) is 1. The Labute approximate surface area is 163 Å². The Kier molecular flexibility index (Phi) is 6.95. The molecule has 9 heteroatoms. The zero-order valence-electron chi connectivity index (χ0n) is 15.1. The van der Waals surface area contributed by atoms with Crippen LogP contribution in [-0.2, 0) is 20.5 Å². The molecule has 0 bridgehead atoms. The summed E-state index contributed by atoms with van der Waals surface area (Å²) in [5, 5.41) is 2.37. The second-order valence-electron chi connectivity index (χ2n) is 6.03. The number of alkyl halides is 3. The summed E-state index contributed by atoms with van der Waals surface area (Å²) in [6.45, 7) is 3.20. The SMILES string of the molecule is Cc1ccc(C(=O)CCC(=O)O[C@H](C)C(=O)Nc2ccc(C(F)(F)F)cc2)s1. The van der Waals surface area contributed by atoms with E-state index >= 15 is 0 Å². The Morgan fingerprint density at radius 2 is 1.71 bits per heavy atom. The van der Waals surface area contributed by atoms with Crippen molar-refractivity contribution in [1.82, 2.24) is 0 Å². The van der Waals surface area contributed by atoms with E-state index in [9.17, 15) is 27.6 Å². The molecule has 150 valence electrons. The molecule has 1 atom stereocenters. The number of thiophene rings is 1. The number of Topliss-reactive ketones (excluding diaryl/α,β-unsaturated/α-hetero) is 1. The molecule has 0 fully saturated rings. The number of ether oxygens (including phenoxy) is 1. The third kappa shape index (κ3) is 6.19. The number of halogens is 3. The summed E-state index contributed by atoms with van der Waals surface area (Å²) in [7, 11) is 0. The van der Waals surface area contributed by atoms with Crippen LogP contribution in [0.4, 0.5) is 18.9 Å². The van der Waals surface area contributed by atoms with Crippen LogP contribution in [0.25, 0.3) is 0 Å². The number of esters is 1. The monoisotopic (exact) mass is 413 g/mol. The van der Waals surface area contributed by atoms with Crippen LogP contribution in [0.5, 0.6) is 0 Å². The molecule has 0 aliphatic carbocycles. The van der Waals surface area contributed by atoms with E-state index in [1.165, 1.54) is 18.3 Å². The average molecular weight is 413 g/mol. The highest BCUT2D eigenvalue weighted by molar-refractivity contribution is 7.14. The summed E-state index contributed by atoms with van der Waals surface area (Å²) in [6.07, 6.45) is -5.83. The van der Waals surface area contributed by atoms with Crippen molar-refractivity contribution in [3.05, 3.63) is 51.7 Å². The minimum atomic E-state index is -4.47. The molecular formula is C19H18F3NO4S. The van der Waals surface area contributed by atoms with E-state index < -0.39 is 29.7 Å². The lowest BCUT2D eigenvalue weighted by Gasteiger charge is -2.14. The van der Waals surface area contributed by atoms with Crippen molar-refractivity contribution in [2.75, 3.05) is 5.32 Å². The van der Waals surface area contributed by atoms with Crippen molar-refractivity contribution in [2.24, 2.45) is 0 Å². The summed E-state index contributed by atoms with van der Waals surface area (Å²) in [4.78, 5) is 37.4. The number of amides is 1. The molecule has 28 heavy (non-hydrogen) atoms. The van der Waals surface area contributed by atoms with Crippen LogP contribution in [0.3, 0.4) is 0 Å². The number of carbonyl (C=O) groups excluding carboxylic acids is 3. The van der Waals surface area contributed by atoms with Gasteiger partial charge in [0.2, 0.25) is 0 Å². The van der Waals surface area contributed by atoms with Gasteiger partial charge in [0, 0.05) is 17.0 Å². The summed E-state index contributed by atoms with van der Waals surface area (Å²) < 4.78 is 42.5. The van der Waals surface area contributed by atoms with Crippen molar-refractivity contribution in [3.63, 3.8) is 0 Å². The van der Waals surface area contributed by atoms with Crippen LogP contribution in [0.15, 0.2) is 36.4 Å². The van der Waals surface area contributed by atoms with Gasteiger partial charge in [-0.2, -0.15) is 13.2 Å². The molecule has 1 aromatic heterocycles. The summed E-state index contributed by atoms with van der Waals surface area (Å²) >= 11 is 1.33. The Hall–Kier alpha value is -2.68. The third-order valence-corrected chi connectivity index (χ3v) is 4.77. The Morgan fingerprint density at radius 3 is 2.25 bits per heavy atom. The minimum Gasteiger partial charge on any atom is -0.453 e. The van der Waals surface area contributed by atoms with Gasteiger partial charge in [0.15, 0.2) is 11.9 Å². The van der Waals surface area contributed by atoms with E-state index in [0.29, 0.717) is 4.88 Å². The first-order chi connectivity index (χ1) is 13.1. The van der Waals surface area contributed by atoms with Gasteiger partial charge in [-0.3, -0.25) is 14.4 Å². The predicted octanol–water partition coefficient (Wildman–Crippen LogP) is 4.61. The second kappa shape index (κ2) is 9.01. The zero-order valence-corrected chi connectivity index (χ0v) is 15.9. The van der Waals surface area contributed by atoms with Crippen molar-refractivity contribution in [2.45, 2.75) is 39.0 Å². The van der Waals surface area contributed by atoms with Crippen molar-refractivity contribution >= 4 is 34.7 Å². The highest BCUT2D eigenvalue weighted by Gasteiger charge is 2.30. The first-order valence-corrected chi connectivity index (χ1v) is 9.15.